The molecule has 4 nitrogen and oxygen atoms in total. The van der Waals surface area contributed by atoms with E-state index in [1.54, 1.807) is 4.90 Å². The first-order chi connectivity index (χ1) is 14.0. The molecule has 29 heavy (non-hydrogen) atoms. The van der Waals surface area contributed by atoms with Gasteiger partial charge in [0.15, 0.2) is 0 Å². The molecule has 0 aliphatic rings. The first-order valence-corrected chi connectivity index (χ1v) is 11.4. The third kappa shape index (κ3) is 7.09. The maximum absolute atomic E-state index is 13.1. The minimum atomic E-state index is -0.478. The number of thioether (sulfide) groups is 1. The Hall–Kier alpha value is -1.98. The van der Waals surface area contributed by atoms with Crippen molar-refractivity contribution in [1.82, 2.24) is 10.2 Å². The van der Waals surface area contributed by atoms with E-state index in [9.17, 15) is 9.59 Å². The highest BCUT2D eigenvalue weighted by Crippen LogP contribution is 2.20. The van der Waals surface area contributed by atoms with Crippen LogP contribution in [0.2, 0.25) is 5.02 Å². The van der Waals surface area contributed by atoms with Gasteiger partial charge in [0.05, 0.1) is 5.75 Å². The second-order valence-electron chi connectivity index (χ2n) is 6.89. The normalized spacial score (nSPS) is 11.7. The lowest BCUT2D eigenvalue weighted by Crippen LogP contribution is -2.49. The molecule has 2 aromatic carbocycles. The van der Waals surface area contributed by atoms with Crippen molar-refractivity contribution in [3.63, 3.8) is 0 Å². The molecule has 1 N–H and O–H groups in total. The molecule has 0 bridgehead atoms. The predicted octanol–water partition coefficient (Wildman–Crippen LogP) is 4.83. The van der Waals surface area contributed by atoms with Crippen LogP contribution in [0.3, 0.4) is 0 Å². The summed E-state index contributed by atoms with van der Waals surface area (Å²) >= 11 is 7.58. The van der Waals surface area contributed by atoms with Gasteiger partial charge < -0.3 is 10.2 Å². The largest absolute Gasteiger partial charge is 0.355 e. The molecule has 0 saturated carbocycles. The maximum atomic E-state index is 13.1. The van der Waals surface area contributed by atoms with Gasteiger partial charge in [0.25, 0.3) is 0 Å². The average Bonchev–Trinajstić information content (AvgIpc) is 2.69. The van der Waals surface area contributed by atoms with Crippen LogP contribution in [-0.4, -0.2) is 35.1 Å². The van der Waals surface area contributed by atoms with E-state index in [-0.39, 0.29) is 11.8 Å². The molecule has 0 aliphatic heterocycles. The van der Waals surface area contributed by atoms with Gasteiger partial charge in [-0.2, -0.15) is 0 Å². The van der Waals surface area contributed by atoms with Gasteiger partial charge in [0.1, 0.15) is 6.04 Å². The van der Waals surface area contributed by atoms with Gasteiger partial charge in [0, 0.05) is 23.9 Å². The SMILES string of the molecule is CCNC(=O)[C@H](CC)N(Cc1ccccc1C)C(=O)CSCc1cccc(Cl)c1. The van der Waals surface area contributed by atoms with Crippen LogP contribution in [0.5, 0.6) is 0 Å². The fourth-order valence-electron chi connectivity index (χ4n) is 3.15. The van der Waals surface area contributed by atoms with Crippen molar-refractivity contribution in [2.45, 2.75) is 45.5 Å². The summed E-state index contributed by atoms with van der Waals surface area (Å²) in [6.45, 7) is 6.83. The Morgan fingerprint density at radius 1 is 1.14 bits per heavy atom. The number of hydrogen-bond acceptors (Lipinski definition) is 3. The number of carbonyl (C=O) groups is 2. The zero-order chi connectivity index (χ0) is 21.2. The second kappa shape index (κ2) is 11.9. The lowest BCUT2D eigenvalue weighted by atomic mass is 10.1. The predicted molar refractivity (Wildman–Crippen MR) is 122 cm³/mol. The lowest BCUT2D eigenvalue weighted by molar-refractivity contribution is -0.139. The molecule has 0 aliphatic carbocycles. The monoisotopic (exact) mass is 432 g/mol. The van der Waals surface area contributed by atoms with Gasteiger partial charge in [-0.05, 0) is 49.1 Å². The first-order valence-electron chi connectivity index (χ1n) is 9.90. The summed E-state index contributed by atoms with van der Waals surface area (Å²) in [6.07, 6.45) is 0.572. The third-order valence-corrected chi connectivity index (χ3v) is 5.95. The van der Waals surface area contributed by atoms with Crippen molar-refractivity contribution in [2.75, 3.05) is 12.3 Å². The number of benzene rings is 2. The summed E-state index contributed by atoms with van der Waals surface area (Å²) in [5.74, 6) is 0.881. The topological polar surface area (TPSA) is 49.4 Å². The van der Waals surface area contributed by atoms with Crippen LogP contribution in [0.4, 0.5) is 0 Å². The number of nitrogens with one attached hydrogen (secondary N) is 1. The Balaban J connectivity index is 2.12. The summed E-state index contributed by atoms with van der Waals surface area (Å²) < 4.78 is 0. The van der Waals surface area contributed by atoms with E-state index in [0.29, 0.717) is 36.0 Å². The Morgan fingerprint density at radius 3 is 2.55 bits per heavy atom. The van der Waals surface area contributed by atoms with Gasteiger partial charge in [-0.15, -0.1) is 11.8 Å². The number of nitrogens with zero attached hydrogens (tertiary/aromatic N) is 1. The highest BCUT2D eigenvalue weighted by Gasteiger charge is 2.28. The van der Waals surface area contributed by atoms with Crippen LogP contribution < -0.4 is 5.32 Å². The van der Waals surface area contributed by atoms with E-state index in [1.165, 1.54) is 11.8 Å². The smallest absolute Gasteiger partial charge is 0.242 e. The Kier molecular flexibility index (Phi) is 9.55. The molecule has 1 atom stereocenters. The van der Waals surface area contributed by atoms with Crippen molar-refractivity contribution < 1.29 is 9.59 Å². The summed E-state index contributed by atoms with van der Waals surface area (Å²) in [6, 6.07) is 15.2. The van der Waals surface area contributed by atoms with Gasteiger partial charge in [-0.3, -0.25) is 9.59 Å². The molecular formula is C23H29ClN2O2S. The molecule has 0 heterocycles. The molecule has 0 unspecified atom stereocenters. The third-order valence-electron chi connectivity index (χ3n) is 4.72. The fourth-order valence-corrected chi connectivity index (χ4v) is 4.22. The summed E-state index contributed by atoms with van der Waals surface area (Å²) in [5.41, 5.74) is 3.25. The van der Waals surface area contributed by atoms with Gasteiger partial charge in [0.2, 0.25) is 11.8 Å². The Bertz CT molecular complexity index is 828. The molecule has 0 radical (unpaired) electrons. The average molecular weight is 433 g/mol. The van der Waals surface area contributed by atoms with E-state index >= 15 is 0 Å². The Morgan fingerprint density at radius 2 is 1.90 bits per heavy atom. The van der Waals surface area contributed by atoms with Crippen LogP contribution in [0.25, 0.3) is 0 Å². The van der Waals surface area contributed by atoms with Crippen LogP contribution >= 0.6 is 23.4 Å². The number of amides is 2. The standard InChI is InChI=1S/C23H29ClN2O2S/c1-4-21(23(28)25-5-2)26(14-19-11-7-6-9-17(19)3)22(27)16-29-15-18-10-8-12-20(24)13-18/h6-13,21H,4-5,14-16H2,1-3H3,(H,25,28)/t21-/m0/s1. The van der Waals surface area contributed by atoms with Crippen molar-refractivity contribution in [3.05, 3.63) is 70.2 Å². The molecule has 0 fully saturated rings. The number of halogens is 1. The second-order valence-corrected chi connectivity index (χ2v) is 8.31. The van der Waals surface area contributed by atoms with E-state index in [0.717, 1.165) is 16.7 Å². The van der Waals surface area contributed by atoms with Gasteiger partial charge >= 0.3 is 0 Å². The minimum Gasteiger partial charge on any atom is -0.355 e. The summed E-state index contributed by atoms with van der Waals surface area (Å²) in [4.78, 5) is 27.4. The molecule has 156 valence electrons. The highest BCUT2D eigenvalue weighted by atomic mass is 35.5. The van der Waals surface area contributed by atoms with Crippen molar-refractivity contribution in [2.24, 2.45) is 0 Å². The first kappa shape index (κ1) is 23.3. The Labute approximate surface area is 183 Å². The number of hydrogen-bond donors (Lipinski definition) is 1. The van der Waals surface area contributed by atoms with Crippen LogP contribution in [0, 0.1) is 6.92 Å². The molecule has 2 amide bonds. The van der Waals surface area contributed by atoms with E-state index in [2.05, 4.69) is 5.32 Å². The molecule has 0 spiro atoms. The van der Waals surface area contributed by atoms with Crippen LogP contribution in [0.15, 0.2) is 48.5 Å². The van der Waals surface area contributed by atoms with E-state index < -0.39 is 6.04 Å². The number of aryl methyl sites for hydroxylation is 1. The fraction of sp³-hybridized carbons (Fsp3) is 0.391. The molecule has 6 heteroatoms. The number of carbonyl (C=O) groups excluding carboxylic acids is 2. The summed E-state index contributed by atoms with van der Waals surface area (Å²) in [7, 11) is 0. The van der Waals surface area contributed by atoms with Crippen molar-refractivity contribution in [1.29, 1.82) is 0 Å². The molecule has 0 aromatic heterocycles. The number of likely N-dealkylation sites (N-methyl/N-ethyl adjacent to an activating group) is 1. The van der Waals surface area contributed by atoms with Crippen molar-refractivity contribution >= 4 is 35.2 Å². The van der Waals surface area contributed by atoms with E-state index in [1.807, 2.05) is 69.3 Å². The summed E-state index contributed by atoms with van der Waals surface area (Å²) in [5, 5.41) is 3.56. The molecule has 2 rings (SSSR count). The van der Waals surface area contributed by atoms with E-state index in [4.69, 9.17) is 11.6 Å². The molecular weight excluding hydrogens is 404 g/mol. The zero-order valence-corrected chi connectivity index (χ0v) is 18.9. The van der Waals surface area contributed by atoms with Crippen molar-refractivity contribution in [3.8, 4) is 0 Å². The van der Waals surface area contributed by atoms with Gasteiger partial charge in [-0.1, -0.05) is 54.9 Å². The van der Waals surface area contributed by atoms with Gasteiger partial charge in [-0.25, -0.2) is 0 Å². The highest BCUT2D eigenvalue weighted by molar-refractivity contribution is 7.99. The minimum absolute atomic E-state index is 0.0293. The quantitative estimate of drug-likeness (QED) is 0.585. The maximum Gasteiger partial charge on any atom is 0.242 e. The van der Waals surface area contributed by atoms with Crippen LogP contribution in [-0.2, 0) is 21.9 Å². The zero-order valence-electron chi connectivity index (χ0n) is 17.3. The molecule has 0 saturated heterocycles. The lowest BCUT2D eigenvalue weighted by Gasteiger charge is -2.31. The van der Waals surface area contributed by atoms with Crippen LogP contribution in [0.1, 0.15) is 37.0 Å². The number of rotatable bonds is 10. The molecule has 2 aromatic rings.